The third kappa shape index (κ3) is 3.13. The maximum atomic E-state index is 12.8. The SMILES string of the molecule is O=C(CC1(CS)CC1)Nc1ccc(F)cc1Cl. The van der Waals surface area contributed by atoms with Gasteiger partial charge in [0.05, 0.1) is 10.7 Å². The summed E-state index contributed by atoms with van der Waals surface area (Å²) in [7, 11) is 0. The van der Waals surface area contributed by atoms with E-state index in [0.29, 0.717) is 12.1 Å². The molecule has 1 saturated carbocycles. The van der Waals surface area contributed by atoms with Gasteiger partial charge in [-0.25, -0.2) is 4.39 Å². The van der Waals surface area contributed by atoms with Crippen molar-refractivity contribution in [2.45, 2.75) is 19.3 Å². The Morgan fingerprint density at radius 3 is 2.76 bits per heavy atom. The van der Waals surface area contributed by atoms with Crippen molar-refractivity contribution in [1.82, 2.24) is 0 Å². The fraction of sp³-hybridized carbons (Fsp3) is 0.417. The van der Waals surface area contributed by atoms with Crippen LogP contribution in [0.2, 0.25) is 5.02 Å². The number of thiol groups is 1. The van der Waals surface area contributed by atoms with Gasteiger partial charge in [-0.1, -0.05) is 11.6 Å². The zero-order valence-corrected chi connectivity index (χ0v) is 10.8. The summed E-state index contributed by atoms with van der Waals surface area (Å²) in [5.41, 5.74) is 0.521. The van der Waals surface area contributed by atoms with Crippen molar-refractivity contribution in [1.29, 1.82) is 0 Å². The van der Waals surface area contributed by atoms with Gasteiger partial charge < -0.3 is 5.32 Å². The molecule has 0 saturated heterocycles. The van der Waals surface area contributed by atoms with Gasteiger partial charge in [0.1, 0.15) is 5.82 Å². The fourth-order valence-corrected chi connectivity index (χ4v) is 2.34. The molecule has 0 heterocycles. The van der Waals surface area contributed by atoms with Gasteiger partial charge in [0.15, 0.2) is 0 Å². The van der Waals surface area contributed by atoms with Crippen LogP contribution >= 0.6 is 24.2 Å². The predicted molar refractivity (Wildman–Crippen MR) is 70.2 cm³/mol. The summed E-state index contributed by atoms with van der Waals surface area (Å²) >= 11 is 10.1. The van der Waals surface area contributed by atoms with Crippen molar-refractivity contribution in [3.05, 3.63) is 29.0 Å². The molecule has 2 nitrogen and oxygen atoms in total. The Balaban J connectivity index is 1.98. The lowest BCUT2D eigenvalue weighted by molar-refractivity contribution is -0.117. The Labute approximate surface area is 110 Å². The van der Waals surface area contributed by atoms with E-state index in [1.54, 1.807) is 0 Å². The number of rotatable bonds is 4. The molecular weight excluding hydrogens is 261 g/mol. The van der Waals surface area contributed by atoms with Gasteiger partial charge in [-0.05, 0) is 42.2 Å². The Bertz CT molecular complexity index is 448. The van der Waals surface area contributed by atoms with Gasteiger partial charge in [-0.3, -0.25) is 4.79 Å². The zero-order chi connectivity index (χ0) is 12.5. The first-order valence-corrected chi connectivity index (χ1v) is 6.41. The molecular formula is C12H13ClFNOS. The molecule has 0 aromatic heterocycles. The molecule has 1 aromatic rings. The Kier molecular flexibility index (Phi) is 3.64. The lowest BCUT2D eigenvalue weighted by Crippen LogP contribution is -2.18. The molecule has 92 valence electrons. The number of anilines is 1. The van der Waals surface area contributed by atoms with E-state index in [2.05, 4.69) is 17.9 Å². The molecule has 1 amide bonds. The number of nitrogens with one attached hydrogen (secondary N) is 1. The molecule has 17 heavy (non-hydrogen) atoms. The van der Waals surface area contributed by atoms with Crippen molar-refractivity contribution in [3.8, 4) is 0 Å². The third-order valence-corrected chi connectivity index (χ3v) is 4.02. The van der Waals surface area contributed by atoms with E-state index in [0.717, 1.165) is 18.6 Å². The summed E-state index contributed by atoms with van der Waals surface area (Å²) in [6.07, 6.45) is 2.53. The van der Waals surface area contributed by atoms with Crippen LogP contribution in [0, 0.1) is 11.2 Å². The maximum Gasteiger partial charge on any atom is 0.225 e. The Hall–Kier alpha value is -0.740. The molecule has 0 atom stereocenters. The second kappa shape index (κ2) is 4.86. The van der Waals surface area contributed by atoms with Gasteiger partial charge in [0, 0.05) is 6.42 Å². The van der Waals surface area contributed by atoms with Crippen LogP contribution in [-0.4, -0.2) is 11.7 Å². The minimum atomic E-state index is -0.415. The lowest BCUT2D eigenvalue weighted by Gasteiger charge is -2.12. The molecule has 1 aromatic carbocycles. The number of amides is 1. The Morgan fingerprint density at radius 2 is 2.24 bits per heavy atom. The monoisotopic (exact) mass is 273 g/mol. The number of hydrogen-bond donors (Lipinski definition) is 2. The lowest BCUT2D eigenvalue weighted by atomic mass is 10.1. The number of carbonyl (C=O) groups is 1. The molecule has 0 aliphatic heterocycles. The first-order chi connectivity index (χ1) is 8.04. The smallest absolute Gasteiger partial charge is 0.225 e. The van der Waals surface area contributed by atoms with Crippen LogP contribution in [0.1, 0.15) is 19.3 Å². The number of hydrogen-bond acceptors (Lipinski definition) is 2. The predicted octanol–water partition coefficient (Wildman–Crippen LogP) is 3.52. The second-order valence-electron chi connectivity index (χ2n) is 4.51. The summed E-state index contributed by atoms with van der Waals surface area (Å²) in [4.78, 5) is 11.8. The van der Waals surface area contributed by atoms with E-state index in [9.17, 15) is 9.18 Å². The molecule has 0 bridgehead atoms. The summed E-state index contributed by atoms with van der Waals surface area (Å²) in [6.45, 7) is 0. The highest BCUT2D eigenvalue weighted by Crippen LogP contribution is 2.49. The second-order valence-corrected chi connectivity index (χ2v) is 5.23. The highest BCUT2D eigenvalue weighted by atomic mass is 35.5. The van der Waals surface area contributed by atoms with Crippen molar-refractivity contribution in [3.63, 3.8) is 0 Å². The van der Waals surface area contributed by atoms with Crippen LogP contribution < -0.4 is 5.32 Å². The summed E-state index contributed by atoms with van der Waals surface area (Å²) < 4.78 is 12.8. The number of carbonyl (C=O) groups excluding carboxylic acids is 1. The van der Waals surface area contributed by atoms with E-state index in [-0.39, 0.29) is 16.3 Å². The van der Waals surface area contributed by atoms with E-state index in [1.807, 2.05) is 0 Å². The van der Waals surface area contributed by atoms with Crippen molar-refractivity contribution < 1.29 is 9.18 Å². The average Bonchev–Trinajstić information content (AvgIpc) is 3.03. The molecule has 1 aliphatic rings. The van der Waals surface area contributed by atoms with Crippen LogP contribution in [0.5, 0.6) is 0 Å². The quantitative estimate of drug-likeness (QED) is 0.808. The molecule has 0 unspecified atom stereocenters. The molecule has 0 spiro atoms. The first kappa shape index (κ1) is 12.7. The van der Waals surface area contributed by atoms with Crippen LogP contribution in [0.4, 0.5) is 10.1 Å². The van der Waals surface area contributed by atoms with Crippen LogP contribution in [0.3, 0.4) is 0 Å². The number of halogens is 2. The first-order valence-electron chi connectivity index (χ1n) is 5.40. The van der Waals surface area contributed by atoms with Gasteiger partial charge in [-0.15, -0.1) is 0 Å². The van der Waals surface area contributed by atoms with Gasteiger partial charge in [0.2, 0.25) is 5.91 Å². The minimum absolute atomic E-state index is 0.0691. The van der Waals surface area contributed by atoms with Gasteiger partial charge >= 0.3 is 0 Å². The Morgan fingerprint density at radius 1 is 1.53 bits per heavy atom. The zero-order valence-electron chi connectivity index (χ0n) is 9.17. The third-order valence-electron chi connectivity index (χ3n) is 3.03. The van der Waals surface area contributed by atoms with Crippen LogP contribution in [0.25, 0.3) is 0 Å². The standard InChI is InChI=1S/C12H13ClFNOS/c13-9-5-8(14)1-2-10(9)15-11(16)6-12(7-17)3-4-12/h1-2,5,17H,3-4,6-7H2,(H,15,16). The molecule has 2 rings (SSSR count). The summed E-state index contributed by atoms with van der Waals surface area (Å²) in [5.74, 6) is 0.212. The summed E-state index contributed by atoms with van der Waals surface area (Å²) in [6, 6.07) is 3.92. The maximum absolute atomic E-state index is 12.8. The molecule has 0 radical (unpaired) electrons. The minimum Gasteiger partial charge on any atom is -0.325 e. The normalized spacial score (nSPS) is 16.6. The highest BCUT2D eigenvalue weighted by Gasteiger charge is 2.42. The van der Waals surface area contributed by atoms with E-state index in [1.165, 1.54) is 18.2 Å². The van der Waals surface area contributed by atoms with Crippen molar-refractivity contribution >= 4 is 35.8 Å². The van der Waals surface area contributed by atoms with Crippen LogP contribution in [0.15, 0.2) is 18.2 Å². The van der Waals surface area contributed by atoms with Gasteiger partial charge in [0.25, 0.3) is 0 Å². The molecule has 1 aliphatic carbocycles. The largest absolute Gasteiger partial charge is 0.325 e. The average molecular weight is 274 g/mol. The van der Waals surface area contributed by atoms with E-state index >= 15 is 0 Å². The van der Waals surface area contributed by atoms with E-state index in [4.69, 9.17) is 11.6 Å². The van der Waals surface area contributed by atoms with Gasteiger partial charge in [-0.2, -0.15) is 12.6 Å². The highest BCUT2D eigenvalue weighted by molar-refractivity contribution is 7.80. The van der Waals surface area contributed by atoms with Crippen LogP contribution in [-0.2, 0) is 4.79 Å². The topological polar surface area (TPSA) is 29.1 Å². The molecule has 5 heteroatoms. The fourth-order valence-electron chi connectivity index (χ4n) is 1.69. The molecule has 1 N–H and O–H groups in total. The van der Waals surface area contributed by atoms with E-state index < -0.39 is 5.82 Å². The summed E-state index contributed by atoms with van der Waals surface area (Å²) in [5, 5.41) is 2.91. The van der Waals surface area contributed by atoms with Crippen molar-refractivity contribution in [2.24, 2.45) is 5.41 Å². The number of benzene rings is 1. The molecule has 1 fully saturated rings. The van der Waals surface area contributed by atoms with Crippen molar-refractivity contribution in [2.75, 3.05) is 11.1 Å².